The molecule has 0 bridgehead atoms. The Morgan fingerprint density at radius 1 is 1.26 bits per heavy atom. The number of nitrogens with one attached hydrogen (secondary N) is 2. The predicted molar refractivity (Wildman–Crippen MR) is 82.4 cm³/mol. The Kier molecular flexibility index (Phi) is 4.69. The highest BCUT2D eigenvalue weighted by Crippen LogP contribution is 2.31. The van der Waals surface area contributed by atoms with Crippen molar-refractivity contribution in [3.8, 4) is 0 Å². The lowest BCUT2D eigenvalue weighted by molar-refractivity contribution is -0.114. The van der Waals surface area contributed by atoms with E-state index in [4.69, 9.17) is 23.2 Å². The summed E-state index contributed by atoms with van der Waals surface area (Å²) in [5.41, 5.74) is 1.60. The van der Waals surface area contributed by atoms with E-state index in [1.807, 2.05) is 23.6 Å². The molecule has 2 rings (SSSR count). The molecular formula is C13H12Cl2N2OS. The van der Waals surface area contributed by atoms with Gasteiger partial charge in [0.1, 0.15) is 0 Å². The molecular weight excluding hydrogens is 303 g/mol. The van der Waals surface area contributed by atoms with Gasteiger partial charge in [0.25, 0.3) is 0 Å². The summed E-state index contributed by atoms with van der Waals surface area (Å²) in [6.45, 7) is 2.07. The van der Waals surface area contributed by atoms with E-state index in [0.29, 0.717) is 16.6 Å². The van der Waals surface area contributed by atoms with Gasteiger partial charge in [0, 0.05) is 11.8 Å². The van der Waals surface area contributed by atoms with Crippen LogP contribution in [-0.2, 0) is 11.3 Å². The van der Waals surface area contributed by atoms with Crippen molar-refractivity contribution in [1.82, 2.24) is 0 Å². The molecule has 1 aromatic carbocycles. The van der Waals surface area contributed by atoms with Gasteiger partial charge in [0.2, 0.25) is 5.91 Å². The zero-order valence-electron chi connectivity index (χ0n) is 10.2. The Hall–Kier alpha value is -1.23. The molecule has 1 amide bonds. The largest absolute Gasteiger partial charge is 0.379 e. The van der Waals surface area contributed by atoms with Crippen LogP contribution in [0, 0.1) is 0 Å². The first-order valence-electron chi connectivity index (χ1n) is 5.60. The fourth-order valence-electron chi connectivity index (χ4n) is 1.59. The number of carbonyl (C=O) groups excluding carboxylic acids is 1. The molecule has 2 aromatic rings. The summed E-state index contributed by atoms with van der Waals surface area (Å²) < 4.78 is 0. The van der Waals surface area contributed by atoms with E-state index in [1.165, 1.54) is 6.92 Å². The van der Waals surface area contributed by atoms with E-state index in [9.17, 15) is 4.79 Å². The molecule has 3 nitrogen and oxygen atoms in total. The monoisotopic (exact) mass is 314 g/mol. The lowest BCUT2D eigenvalue weighted by Gasteiger charge is -2.10. The maximum absolute atomic E-state index is 11.1. The SMILES string of the molecule is CC(=O)Nc1ccsc1CNc1cccc(Cl)c1Cl. The van der Waals surface area contributed by atoms with Gasteiger partial charge in [-0.1, -0.05) is 29.3 Å². The zero-order valence-corrected chi connectivity index (χ0v) is 12.5. The van der Waals surface area contributed by atoms with Crippen LogP contribution in [0.15, 0.2) is 29.6 Å². The van der Waals surface area contributed by atoms with E-state index in [-0.39, 0.29) is 5.91 Å². The third-order valence-corrected chi connectivity index (χ3v) is 4.19. The summed E-state index contributed by atoms with van der Waals surface area (Å²) in [5.74, 6) is -0.0829. The van der Waals surface area contributed by atoms with Crippen LogP contribution >= 0.6 is 34.5 Å². The van der Waals surface area contributed by atoms with Crippen molar-refractivity contribution in [2.75, 3.05) is 10.6 Å². The van der Waals surface area contributed by atoms with Gasteiger partial charge in [-0.3, -0.25) is 4.79 Å². The average molecular weight is 315 g/mol. The average Bonchev–Trinajstić information content (AvgIpc) is 2.78. The molecule has 100 valence electrons. The first kappa shape index (κ1) is 14.2. The summed E-state index contributed by atoms with van der Waals surface area (Å²) >= 11 is 13.6. The fourth-order valence-corrected chi connectivity index (χ4v) is 2.73. The van der Waals surface area contributed by atoms with Crippen molar-refractivity contribution in [2.45, 2.75) is 13.5 Å². The number of hydrogen-bond donors (Lipinski definition) is 2. The molecule has 0 atom stereocenters. The molecule has 6 heteroatoms. The van der Waals surface area contributed by atoms with Crippen molar-refractivity contribution >= 4 is 51.8 Å². The van der Waals surface area contributed by atoms with E-state index in [1.54, 1.807) is 17.4 Å². The van der Waals surface area contributed by atoms with Gasteiger partial charge in [-0.05, 0) is 23.6 Å². The Labute approximate surface area is 125 Å². The van der Waals surface area contributed by atoms with E-state index in [2.05, 4.69) is 10.6 Å². The molecule has 0 aliphatic heterocycles. The van der Waals surface area contributed by atoms with Gasteiger partial charge < -0.3 is 10.6 Å². The van der Waals surface area contributed by atoms with Crippen LogP contribution in [0.5, 0.6) is 0 Å². The second-order valence-corrected chi connectivity index (χ2v) is 5.68. The molecule has 19 heavy (non-hydrogen) atoms. The highest BCUT2D eigenvalue weighted by Gasteiger charge is 2.08. The Morgan fingerprint density at radius 2 is 2.05 bits per heavy atom. The minimum Gasteiger partial charge on any atom is -0.379 e. The highest BCUT2D eigenvalue weighted by molar-refractivity contribution is 7.10. The van der Waals surface area contributed by atoms with E-state index < -0.39 is 0 Å². The first-order valence-corrected chi connectivity index (χ1v) is 7.23. The fraction of sp³-hybridized carbons (Fsp3) is 0.154. The molecule has 0 radical (unpaired) electrons. The molecule has 0 saturated carbocycles. The summed E-state index contributed by atoms with van der Waals surface area (Å²) in [4.78, 5) is 12.1. The first-order chi connectivity index (χ1) is 9.08. The maximum atomic E-state index is 11.1. The topological polar surface area (TPSA) is 41.1 Å². The smallest absolute Gasteiger partial charge is 0.221 e. The number of anilines is 2. The number of rotatable bonds is 4. The minimum atomic E-state index is -0.0829. The summed E-state index contributed by atoms with van der Waals surface area (Å²) in [5, 5.41) is 8.95. The number of hydrogen-bond acceptors (Lipinski definition) is 3. The van der Waals surface area contributed by atoms with Crippen LogP contribution in [-0.4, -0.2) is 5.91 Å². The normalized spacial score (nSPS) is 10.3. The second kappa shape index (κ2) is 6.28. The minimum absolute atomic E-state index is 0.0829. The molecule has 0 aliphatic carbocycles. The van der Waals surface area contributed by atoms with Crippen LogP contribution < -0.4 is 10.6 Å². The highest BCUT2D eigenvalue weighted by atomic mass is 35.5. The number of amides is 1. The molecule has 0 unspecified atom stereocenters. The summed E-state index contributed by atoms with van der Waals surface area (Å²) in [6, 6.07) is 7.31. The third-order valence-electron chi connectivity index (χ3n) is 2.45. The lowest BCUT2D eigenvalue weighted by atomic mass is 10.3. The summed E-state index contributed by atoms with van der Waals surface area (Å²) in [6.07, 6.45) is 0. The molecule has 2 N–H and O–H groups in total. The lowest BCUT2D eigenvalue weighted by Crippen LogP contribution is -2.08. The third kappa shape index (κ3) is 3.62. The number of benzene rings is 1. The Bertz CT molecular complexity index is 598. The van der Waals surface area contributed by atoms with Crippen molar-refractivity contribution in [3.05, 3.63) is 44.6 Å². The molecule has 0 fully saturated rings. The Morgan fingerprint density at radius 3 is 2.79 bits per heavy atom. The van der Waals surface area contributed by atoms with Crippen molar-refractivity contribution in [3.63, 3.8) is 0 Å². The van der Waals surface area contributed by atoms with Crippen LogP contribution in [0.2, 0.25) is 10.0 Å². The number of halogens is 2. The summed E-state index contributed by atoms with van der Waals surface area (Å²) in [7, 11) is 0. The van der Waals surface area contributed by atoms with Crippen molar-refractivity contribution in [1.29, 1.82) is 0 Å². The standard InChI is InChI=1S/C13H12Cl2N2OS/c1-8(18)17-10-5-6-19-12(10)7-16-11-4-2-3-9(14)13(11)15/h2-6,16H,7H2,1H3,(H,17,18). The molecule has 0 spiro atoms. The maximum Gasteiger partial charge on any atom is 0.221 e. The number of thiophene rings is 1. The van der Waals surface area contributed by atoms with Gasteiger partial charge in [0.05, 0.1) is 28.0 Å². The Balaban J connectivity index is 2.08. The molecule has 1 heterocycles. The number of carbonyl (C=O) groups is 1. The quantitative estimate of drug-likeness (QED) is 0.864. The van der Waals surface area contributed by atoms with E-state index in [0.717, 1.165) is 16.3 Å². The van der Waals surface area contributed by atoms with Gasteiger partial charge in [0.15, 0.2) is 0 Å². The molecule has 0 saturated heterocycles. The second-order valence-electron chi connectivity index (χ2n) is 3.89. The zero-order chi connectivity index (χ0) is 13.8. The molecule has 0 aliphatic rings. The van der Waals surface area contributed by atoms with Crippen molar-refractivity contribution in [2.24, 2.45) is 0 Å². The van der Waals surface area contributed by atoms with Crippen molar-refractivity contribution < 1.29 is 4.79 Å². The predicted octanol–water partition coefficient (Wildman–Crippen LogP) is 4.63. The van der Waals surface area contributed by atoms with Crippen LogP contribution in [0.4, 0.5) is 11.4 Å². The van der Waals surface area contributed by atoms with Crippen LogP contribution in [0.25, 0.3) is 0 Å². The van der Waals surface area contributed by atoms with Gasteiger partial charge in [-0.2, -0.15) is 0 Å². The van der Waals surface area contributed by atoms with Gasteiger partial charge in [-0.25, -0.2) is 0 Å². The van der Waals surface area contributed by atoms with E-state index >= 15 is 0 Å². The van der Waals surface area contributed by atoms with Crippen LogP contribution in [0.1, 0.15) is 11.8 Å². The van der Waals surface area contributed by atoms with Crippen LogP contribution in [0.3, 0.4) is 0 Å². The van der Waals surface area contributed by atoms with Gasteiger partial charge >= 0.3 is 0 Å². The molecule has 1 aromatic heterocycles. The van der Waals surface area contributed by atoms with Gasteiger partial charge in [-0.15, -0.1) is 11.3 Å².